The summed E-state index contributed by atoms with van der Waals surface area (Å²) >= 11 is 1.38. The lowest BCUT2D eigenvalue weighted by molar-refractivity contribution is 0.0904. The normalized spacial score (nSPS) is 12.8. The van der Waals surface area contributed by atoms with Gasteiger partial charge in [0.25, 0.3) is 5.91 Å². The Morgan fingerprint density at radius 2 is 2.40 bits per heavy atom. The summed E-state index contributed by atoms with van der Waals surface area (Å²) in [5.74, 6) is 0.230. The van der Waals surface area contributed by atoms with Gasteiger partial charge < -0.3 is 10.4 Å². The molecule has 1 unspecified atom stereocenters. The van der Waals surface area contributed by atoms with E-state index in [1.165, 1.54) is 11.3 Å². The molecule has 0 spiro atoms. The molecule has 0 aliphatic carbocycles. The van der Waals surface area contributed by atoms with Crippen LogP contribution in [0.2, 0.25) is 0 Å². The molecule has 1 amide bonds. The lowest BCUT2D eigenvalue weighted by atomic mass is 10.0. The Labute approximate surface area is 93.4 Å². The summed E-state index contributed by atoms with van der Waals surface area (Å²) in [6.45, 7) is 4.07. The van der Waals surface area contributed by atoms with Gasteiger partial charge in [0.15, 0.2) is 0 Å². The number of hydrogen-bond donors (Lipinski definition) is 2. The number of nitrogens with zero attached hydrogens (tertiary/aromatic N) is 1. The second-order valence-corrected chi connectivity index (χ2v) is 4.57. The molecule has 1 aromatic rings. The zero-order chi connectivity index (χ0) is 11.3. The van der Waals surface area contributed by atoms with Gasteiger partial charge in [0.05, 0.1) is 18.2 Å². The van der Waals surface area contributed by atoms with Gasteiger partial charge in [0, 0.05) is 5.38 Å². The van der Waals surface area contributed by atoms with E-state index in [-0.39, 0.29) is 18.6 Å². The lowest BCUT2D eigenvalue weighted by Crippen LogP contribution is -2.38. The molecular formula is C10H16N2O2S. The predicted octanol–water partition coefficient (Wildman–Crippen LogP) is 1.28. The average Bonchev–Trinajstić information content (AvgIpc) is 2.68. The van der Waals surface area contributed by atoms with E-state index < -0.39 is 0 Å². The summed E-state index contributed by atoms with van der Waals surface area (Å²) in [7, 11) is 0. The van der Waals surface area contributed by atoms with Crippen molar-refractivity contribution in [3.63, 3.8) is 0 Å². The molecule has 0 saturated carbocycles. The first-order valence-corrected chi connectivity index (χ1v) is 5.87. The molecule has 0 bridgehead atoms. The van der Waals surface area contributed by atoms with Gasteiger partial charge in [0.1, 0.15) is 5.69 Å². The van der Waals surface area contributed by atoms with Crippen LogP contribution >= 0.6 is 11.3 Å². The van der Waals surface area contributed by atoms with Crippen LogP contribution in [0, 0.1) is 5.92 Å². The summed E-state index contributed by atoms with van der Waals surface area (Å²) < 4.78 is 0. The number of aliphatic hydroxyl groups is 1. The molecule has 0 aliphatic heterocycles. The fraction of sp³-hybridized carbons (Fsp3) is 0.600. The van der Waals surface area contributed by atoms with Crippen LogP contribution in [-0.2, 0) is 0 Å². The van der Waals surface area contributed by atoms with Crippen LogP contribution in [0.25, 0.3) is 0 Å². The van der Waals surface area contributed by atoms with Gasteiger partial charge in [-0.25, -0.2) is 4.98 Å². The van der Waals surface area contributed by atoms with Crippen molar-refractivity contribution in [2.24, 2.45) is 5.92 Å². The summed E-state index contributed by atoms with van der Waals surface area (Å²) in [6, 6.07) is -0.181. The number of hydrogen-bond acceptors (Lipinski definition) is 4. The second kappa shape index (κ2) is 5.82. The van der Waals surface area contributed by atoms with Crippen LogP contribution < -0.4 is 5.32 Å². The third kappa shape index (κ3) is 3.97. The number of carbonyl (C=O) groups is 1. The average molecular weight is 228 g/mol. The van der Waals surface area contributed by atoms with E-state index in [1.54, 1.807) is 10.9 Å². The number of rotatable bonds is 5. The number of aromatic nitrogens is 1. The number of nitrogens with one attached hydrogen (secondary N) is 1. The van der Waals surface area contributed by atoms with Crippen LogP contribution in [0.4, 0.5) is 0 Å². The molecule has 0 aromatic carbocycles. The van der Waals surface area contributed by atoms with Crippen LogP contribution in [0.1, 0.15) is 30.8 Å². The Morgan fingerprint density at radius 1 is 1.67 bits per heavy atom. The van der Waals surface area contributed by atoms with Gasteiger partial charge in [-0.3, -0.25) is 4.79 Å². The summed E-state index contributed by atoms with van der Waals surface area (Å²) in [4.78, 5) is 15.5. The maximum Gasteiger partial charge on any atom is 0.271 e. The van der Waals surface area contributed by atoms with Crippen molar-refractivity contribution < 1.29 is 9.90 Å². The zero-order valence-corrected chi connectivity index (χ0v) is 9.75. The molecule has 1 atom stereocenters. The summed E-state index contributed by atoms with van der Waals surface area (Å²) in [6.07, 6.45) is 0.770. The standard InChI is InChI=1S/C10H16N2O2S/c1-7(2)3-8(4-13)12-10(14)9-5-15-6-11-9/h5-8,13H,3-4H2,1-2H3,(H,12,14). The maximum atomic E-state index is 11.6. The van der Waals surface area contributed by atoms with Crippen molar-refractivity contribution in [3.05, 3.63) is 16.6 Å². The molecule has 0 aliphatic rings. The first kappa shape index (κ1) is 12.1. The second-order valence-electron chi connectivity index (χ2n) is 3.86. The molecule has 1 aromatic heterocycles. The largest absolute Gasteiger partial charge is 0.394 e. The van der Waals surface area contributed by atoms with Gasteiger partial charge in [-0.05, 0) is 12.3 Å². The van der Waals surface area contributed by atoms with Crippen LogP contribution in [-0.4, -0.2) is 28.6 Å². The van der Waals surface area contributed by atoms with Crippen molar-refractivity contribution in [1.29, 1.82) is 0 Å². The SMILES string of the molecule is CC(C)CC(CO)NC(=O)c1cscn1. The highest BCUT2D eigenvalue weighted by molar-refractivity contribution is 7.07. The Hall–Kier alpha value is -0.940. The fourth-order valence-electron chi connectivity index (χ4n) is 1.33. The summed E-state index contributed by atoms with van der Waals surface area (Å²) in [5.41, 5.74) is 2.04. The third-order valence-corrected chi connectivity index (χ3v) is 2.56. The Balaban J connectivity index is 2.48. The molecular weight excluding hydrogens is 212 g/mol. The van der Waals surface area contributed by atoms with E-state index in [1.807, 2.05) is 0 Å². The molecule has 0 radical (unpaired) electrons. The van der Waals surface area contributed by atoms with E-state index in [0.717, 1.165) is 6.42 Å². The van der Waals surface area contributed by atoms with E-state index in [2.05, 4.69) is 24.1 Å². The smallest absolute Gasteiger partial charge is 0.271 e. The highest BCUT2D eigenvalue weighted by Crippen LogP contribution is 2.06. The minimum Gasteiger partial charge on any atom is -0.394 e. The van der Waals surface area contributed by atoms with Crippen LogP contribution in [0.15, 0.2) is 10.9 Å². The van der Waals surface area contributed by atoms with E-state index >= 15 is 0 Å². The van der Waals surface area contributed by atoms with Crippen molar-refractivity contribution >= 4 is 17.2 Å². The predicted molar refractivity (Wildman–Crippen MR) is 59.9 cm³/mol. The first-order chi connectivity index (χ1) is 7.13. The summed E-state index contributed by atoms with van der Waals surface area (Å²) in [5, 5.41) is 13.5. The van der Waals surface area contributed by atoms with Crippen molar-refractivity contribution in [1.82, 2.24) is 10.3 Å². The monoisotopic (exact) mass is 228 g/mol. The minimum atomic E-state index is -0.212. The molecule has 1 heterocycles. The van der Waals surface area contributed by atoms with Gasteiger partial charge in [0.2, 0.25) is 0 Å². The van der Waals surface area contributed by atoms with Crippen molar-refractivity contribution in [2.75, 3.05) is 6.61 Å². The number of aliphatic hydroxyl groups excluding tert-OH is 1. The van der Waals surface area contributed by atoms with Gasteiger partial charge in [-0.15, -0.1) is 11.3 Å². The van der Waals surface area contributed by atoms with Crippen molar-refractivity contribution in [3.8, 4) is 0 Å². The zero-order valence-electron chi connectivity index (χ0n) is 8.93. The van der Waals surface area contributed by atoms with Crippen molar-refractivity contribution in [2.45, 2.75) is 26.3 Å². The fourth-order valence-corrected chi connectivity index (χ4v) is 1.86. The maximum absolute atomic E-state index is 11.6. The number of amides is 1. The molecule has 84 valence electrons. The third-order valence-electron chi connectivity index (χ3n) is 1.98. The van der Waals surface area contributed by atoms with E-state index in [9.17, 15) is 4.79 Å². The minimum absolute atomic E-state index is 0.0337. The van der Waals surface area contributed by atoms with Gasteiger partial charge in [-0.1, -0.05) is 13.8 Å². The molecule has 4 nitrogen and oxygen atoms in total. The topological polar surface area (TPSA) is 62.2 Å². The highest BCUT2D eigenvalue weighted by atomic mass is 32.1. The highest BCUT2D eigenvalue weighted by Gasteiger charge is 2.15. The first-order valence-electron chi connectivity index (χ1n) is 4.93. The molecule has 0 saturated heterocycles. The molecule has 5 heteroatoms. The van der Waals surface area contributed by atoms with Crippen LogP contribution in [0.3, 0.4) is 0 Å². The van der Waals surface area contributed by atoms with Gasteiger partial charge >= 0.3 is 0 Å². The Bertz CT molecular complexity index is 298. The number of thiazole rings is 1. The quantitative estimate of drug-likeness (QED) is 0.798. The van der Waals surface area contributed by atoms with E-state index in [0.29, 0.717) is 11.6 Å². The van der Waals surface area contributed by atoms with Crippen LogP contribution in [0.5, 0.6) is 0 Å². The molecule has 2 N–H and O–H groups in total. The van der Waals surface area contributed by atoms with Gasteiger partial charge in [-0.2, -0.15) is 0 Å². The lowest BCUT2D eigenvalue weighted by Gasteiger charge is -2.17. The molecule has 15 heavy (non-hydrogen) atoms. The number of carbonyl (C=O) groups excluding carboxylic acids is 1. The molecule has 0 fully saturated rings. The Morgan fingerprint density at radius 3 is 2.87 bits per heavy atom. The van der Waals surface area contributed by atoms with E-state index in [4.69, 9.17) is 5.11 Å². The Kier molecular flexibility index (Phi) is 4.71. The molecule has 1 rings (SSSR count).